The van der Waals surface area contributed by atoms with Gasteiger partial charge in [0.15, 0.2) is 0 Å². The summed E-state index contributed by atoms with van der Waals surface area (Å²) in [5.41, 5.74) is 4.17. The summed E-state index contributed by atoms with van der Waals surface area (Å²) in [6.45, 7) is 3.63. The SMILES string of the molecule is Cc1ccc(S(=O)(=O)NC(=O)ONc2cccc(OS(=O)(=O)c3ccc(C)cc3)c2)cc1. The molecule has 3 aromatic carbocycles. The largest absolute Gasteiger partial charge is 0.445 e. The molecule has 3 aromatic rings. The van der Waals surface area contributed by atoms with Crippen molar-refractivity contribution in [2.24, 2.45) is 0 Å². The molecule has 0 unspecified atom stereocenters. The van der Waals surface area contributed by atoms with Crippen molar-refractivity contribution in [1.82, 2.24) is 4.72 Å². The van der Waals surface area contributed by atoms with Gasteiger partial charge in [-0.25, -0.2) is 23.4 Å². The average molecular weight is 477 g/mol. The number of carbonyl (C=O) groups is 1. The van der Waals surface area contributed by atoms with E-state index in [0.29, 0.717) is 0 Å². The molecule has 0 bridgehead atoms. The number of hydrogen-bond acceptors (Lipinski definition) is 8. The molecule has 0 aliphatic heterocycles. The van der Waals surface area contributed by atoms with Crippen molar-refractivity contribution in [2.75, 3.05) is 5.48 Å². The van der Waals surface area contributed by atoms with Crippen molar-refractivity contribution >= 4 is 31.9 Å². The number of nitrogens with one attached hydrogen (secondary N) is 2. The fourth-order valence-corrected chi connectivity index (χ4v) is 4.30. The highest BCUT2D eigenvalue weighted by atomic mass is 32.2. The fraction of sp³-hybridized carbons (Fsp3) is 0.0952. The zero-order chi connectivity index (χ0) is 23.4. The Labute approximate surface area is 186 Å². The normalized spacial score (nSPS) is 11.4. The number of sulfonamides is 1. The van der Waals surface area contributed by atoms with Crippen LogP contribution in [0.25, 0.3) is 0 Å². The maximum Gasteiger partial charge on any atom is 0.445 e. The number of rotatable bonds is 7. The van der Waals surface area contributed by atoms with Gasteiger partial charge in [0.25, 0.3) is 10.0 Å². The molecular weight excluding hydrogens is 456 g/mol. The van der Waals surface area contributed by atoms with E-state index >= 15 is 0 Å². The summed E-state index contributed by atoms with van der Waals surface area (Å²) < 4.78 is 56.1. The Hall–Kier alpha value is -3.57. The van der Waals surface area contributed by atoms with Gasteiger partial charge in [-0.2, -0.15) is 8.42 Å². The van der Waals surface area contributed by atoms with Crippen LogP contribution in [-0.2, 0) is 25.0 Å². The Bertz CT molecular complexity index is 1320. The van der Waals surface area contributed by atoms with Gasteiger partial charge >= 0.3 is 16.2 Å². The lowest BCUT2D eigenvalue weighted by molar-refractivity contribution is 0.176. The summed E-state index contributed by atoms with van der Waals surface area (Å²) in [6, 6.07) is 17.6. The minimum Gasteiger partial charge on any atom is -0.379 e. The molecule has 1 amide bonds. The second-order valence-corrected chi connectivity index (χ2v) is 10.0. The van der Waals surface area contributed by atoms with Gasteiger partial charge in [0.1, 0.15) is 10.6 Å². The van der Waals surface area contributed by atoms with Gasteiger partial charge in [0.2, 0.25) is 0 Å². The van der Waals surface area contributed by atoms with E-state index in [-0.39, 0.29) is 21.2 Å². The summed E-state index contributed by atoms with van der Waals surface area (Å²) in [5.74, 6) is -0.0353. The van der Waals surface area contributed by atoms with Crippen molar-refractivity contribution in [3.8, 4) is 5.75 Å². The molecule has 0 spiro atoms. The number of benzene rings is 3. The quantitative estimate of drug-likeness (QED) is 0.392. The summed E-state index contributed by atoms with van der Waals surface area (Å²) in [5, 5.41) is 0. The molecule has 0 aliphatic carbocycles. The van der Waals surface area contributed by atoms with E-state index in [1.165, 1.54) is 48.5 Å². The highest BCUT2D eigenvalue weighted by Gasteiger charge is 2.19. The predicted octanol–water partition coefficient (Wildman–Crippen LogP) is 3.51. The maximum atomic E-state index is 12.4. The zero-order valence-corrected chi connectivity index (χ0v) is 18.7. The van der Waals surface area contributed by atoms with Crippen molar-refractivity contribution in [1.29, 1.82) is 0 Å². The average Bonchev–Trinajstić information content (AvgIpc) is 2.72. The highest BCUT2D eigenvalue weighted by Crippen LogP contribution is 2.22. The number of anilines is 1. The lowest BCUT2D eigenvalue weighted by atomic mass is 10.2. The first-order chi connectivity index (χ1) is 15.0. The Morgan fingerprint density at radius 1 is 0.781 bits per heavy atom. The molecule has 11 heteroatoms. The maximum absolute atomic E-state index is 12.4. The Kier molecular flexibility index (Phi) is 6.70. The lowest BCUT2D eigenvalue weighted by Crippen LogP contribution is -2.32. The molecule has 0 heterocycles. The second kappa shape index (κ2) is 9.28. The van der Waals surface area contributed by atoms with E-state index in [9.17, 15) is 21.6 Å². The fourth-order valence-electron chi connectivity index (χ4n) is 2.50. The third kappa shape index (κ3) is 5.99. The van der Waals surface area contributed by atoms with Crippen molar-refractivity contribution in [2.45, 2.75) is 23.6 Å². The molecule has 0 aliphatic rings. The van der Waals surface area contributed by atoms with Gasteiger partial charge in [-0.15, -0.1) is 0 Å². The predicted molar refractivity (Wildman–Crippen MR) is 117 cm³/mol. The van der Waals surface area contributed by atoms with Crippen LogP contribution in [0.15, 0.2) is 82.6 Å². The van der Waals surface area contributed by atoms with Crippen LogP contribution in [0, 0.1) is 13.8 Å². The molecule has 0 radical (unpaired) electrons. The van der Waals surface area contributed by atoms with Crippen LogP contribution < -0.4 is 14.4 Å². The van der Waals surface area contributed by atoms with Crippen LogP contribution in [-0.4, -0.2) is 22.9 Å². The molecule has 32 heavy (non-hydrogen) atoms. The van der Waals surface area contributed by atoms with Gasteiger partial charge in [0.05, 0.1) is 10.6 Å². The first-order valence-corrected chi connectivity index (χ1v) is 12.1. The molecule has 2 N–H and O–H groups in total. The van der Waals surface area contributed by atoms with Crippen molar-refractivity contribution in [3.05, 3.63) is 83.9 Å². The van der Waals surface area contributed by atoms with Crippen LogP contribution in [0.2, 0.25) is 0 Å². The third-order valence-corrected chi connectivity index (χ3v) is 6.75. The molecule has 0 saturated carbocycles. The molecule has 168 valence electrons. The monoisotopic (exact) mass is 476 g/mol. The van der Waals surface area contributed by atoms with Gasteiger partial charge in [-0.05, 0) is 50.2 Å². The van der Waals surface area contributed by atoms with E-state index in [2.05, 4.69) is 5.48 Å². The van der Waals surface area contributed by atoms with Gasteiger partial charge in [-0.3, -0.25) is 0 Å². The van der Waals surface area contributed by atoms with E-state index in [1.807, 2.05) is 6.92 Å². The molecule has 3 rings (SSSR count). The van der Waals surface area contributed by atoms with Crippen LogP contribution in [0.5, 0.6) is 5.75 Å². The second-order valence-electron chi connectivity index (χ2n) is 6.79. The minimum atomic E-state index is -4.12. The molecule has 0 atom stereocenters. The summed E-state index contributed by atoms with van der Waals surface area (Å²) >= 11 is 0. The lowest BCUT2D eigenvalue weighted by Gasteiger charge is -2.11. The minimum absolute atomic E-state index is 0.0154. The smallest absolute Gasteiger partial charge is 0.379 e. The first kappa shape index (κ1) is 23.1. The van der Waals surface area contributed by atoms with Gasteiger partial charge in [-0.1, -0.05) is 41.5 Å². The zero-order valence-electron chi connectivity index (χ0n) is 17.1. The number of aryl methyl sites for hydroxylation is 2. The topological polar surface area (TPSA) is 128 Å². The standard InChI is InChI=1S/C21H20N2O7S2/c1-15-6-10-19(11-7-15)31(25,26)23-21(24)29-22-17-4-3-5-18(14-17)30-32(27,28)20-12-8-16(2)9-13-20/h3-14,22H,1-2H3,(H,23,24). The molecule has 0 fully saturated rings. The third-order valence-electron chi connectivity index (χ3n) is 4.16. The van der Waals surface area contributed by atoms with E-state index in [0.717, 1.165) is 11.1 Å². The summed E-state index contributed by atoms with van der Waals surface area (Å²) in [7, 11) is -8.18. The van der Waals surface area contributed by atoms with Crippen LogP contribution in [0.4, 0.5) is 10.5 Å². The van der Waals surface area contributed by atoms with Crippen LogP contribution in [0.3, 0.4) is 0 Å². The van der Waals surface area contributed by atoms with Crippen LogP contribution in [0.1, 0.15) is 11.1 Å². The number of hydrogen-bond donors (Lipinski definition) is 2. The highest BCUT2D eigenvalue weighted by molar-refractivity contribution is 7.90. The van der Waals surface area contributed by atoms with Crippen LogP contribution >= 0.6 is 0 Å². The molecule has 9 nitrogen and oxygen atoms in total. The van der Waals surface area contributed by atoms with Gasteiger partial charge in [0, 0.05) is 6.07 Å². The Morgan fingerprint density at radius 3 is 1.94 bits per heavy atom. The number of amides is 1. The Balaban J connectivity index is 1.63. The number of carbonyl (C=O) groups excluding carboxylic acids is 1. The molecule has 0 saturated heterocycles. The molecular formula is C21H20N2O7S2. The van der Waals surface area contributed by atoms with E-state index < -0.39 is 26.2 Å². The summed E-state index contributed by atoms with van der Waals surface area (Å²) in [4.78, 5) is 16.5. The molecule has 0 aromatic heterocycles. The summed E-state index contributed by atoms with van der Waals surface area (Å²) in [6.07, 6.45) is -1.27. The van der Waals surface area contributed by atoms with E-state index in [1.54, 1.807) is 35.9 Å². The Morgan fingerprint density at radius 2 is 1.34 bits per heavy atom. The van der Waals surface area contributed by atoms with E-state index in [4.69, 9.17) is 9.02 Å². The first-order valence-electron chi connectivity index (χ1n) is 9.23. The van der Waals surface area contributed by atoms with Crippen molar-refractivity contribution < 1.29 is 30.7 Å². The van der Waals surface area contributed by atoms with Crippen molar-refractivity contribution in [3.63, 3.8) is 0 Å². The van der Waals surface area contributed by atoms with Gasteiger partial charge < -0.3 is 9.02 Å².